The quantitative estimate of drug-likeness (QED) is 0.293. The second-order valence-electron chi connectivity index (χ2n) is 6.76. The lowest BCUT2D eigenvalue weighted by molar-refractivity contribution is 0.414. The molecule has 5 nitrogen and oxygen atoms in total. The van der Waals surface area contributed by atoms with Crippen molar-refractivity contribution in [2.24, 2.45) is 10.1 Å². The van der Waals surface area contributed by atoms with Crippen molar-refractivity contribution in [3.8, 4) is 22.8 Å². The maximum absolute atomic E-state index is 5.45. The van der Waals surface area contributed by atoms with Gasteiger partial charge in [-0.25, -0.2) is 4.68 Å². The Bertz CT molecular complexity index is 1320. The van der Waals surface area contributed by atoms with Gasteiger partial charge in [-0.1, -0.05) is 36.4 Å². The zero-order valence-electron chi connectivity index (χ0n) is 17.5. The van der Waals surface area contributed by atoms with Gasteiger partial charge in [0.25, 0.3) is 0 Å². The molecule has 0 aliphatic carbocycles. The molecule has 0 saturated carbocycles. The smallest absolute Gasteiger partial charge is 0.206 e. The van der Waals surface area contributed by atoms with Crippen LogP contribution in [0.1, 0.15) is 5.56 Å². The summed E-state index contributed by atoms with van der Waals surface area (Å²) < 4.78 is 12.7. The number of hydrogen-bond acceptors (Lipinski definition) is 5. The Morgan fingerprint density at radius 2 is 1.81 bits per heavy atom. The third kappa shape index (κ3) is 4.44. The molecule has 4 rings (SSSR count). The van der Waals surface area contributed by atoms with E-state index in [1.807, 2.05) is 41.1 Å². The van der Waals surface area contributed by atoms with E-state index in [-0.39, 0.29) is 0 Å². The minimum atomic E-state index is 0.529. The lowest BCUT2D eigenvalue weighted by Gasteiger charge is -2.07. The first kappa shape index (κ1) is 20.6. The van der Waals surface area contributed by atoms with E-state index < -0.39 is 0 Å². The Hall–Kier alpha value is -3.64. The van der Waals surface area contributed by atoms with Crippen LogP contribution in [0.25, 0.3) is 22.0 Å². The Morgan fingerprint density at radius 3 is 2.61 bits per heavy atom. The molecule has 0 aliphatic rings. The highest BCUT2D eigenvalue weighted by atomic mass is 32.1. The lowest BCUT2D eigenvalue weighted by Crippen LogP contribution is -2.12. The molecular formula is C25H23N3O2S. The number of thiazole rings is 1. The number of nitrogens with zero attached hydrogens (tertiary/aromatic N) is 3. The van der Waals surface area contributed by atoms with Crippen LogP contribution >= 0.6 is 11.3 Å². The number of para-hydroxylation sites is 1. The fraction of sp³-hybridized carbons (Fsp3) is 0.120. The van der Waals surface area contributed by atoms with Crippen molar-refractivity contribution in [3.63, 3.8) is 0 Å². The molecule has 0 spiro atoms. The van der Waals surface area contributed by atoms with Gasteiger partial charge in [-0.05, 0) is 41.1 Å². The molecule has 6 heteroatoms. The van der Waals surface area contributed by atoms with E-state index in [0.29, 0.717) is 6.54 Å². The van der Waals surface area contributed by atoms with Crippen LogP contribution in [-0.2, 0) is 0 Å². The first-order valence-electron chi connectivity index (χ1n) is 9.81. The maximum Gasteiger partial charge on any atom is 0.206 e. The third-order valence-electron chi connectivity index (χ3n) is 4.84. The van der Waals surface area contributed by atoms with Gasteiger partial charge >= 0.3 is 0 Å². The zero-order chi connectivity index (χ0) is 21.6. The highest BCUT2D eigenvalue weighted by molar-refractivity contribution is 7.07. The number of fused-ring (bicyclic) bond motifs is 1. The molecule has 1 heterocycles. The number of hydrogen-bond donors (Lipinski definition) is 0. The van der Waals surface area contributed by atoms with E-state index in [1.54, 1.807) is 37.8 Å². The topological polar surface area (TPSA) is 48.1 Å². The Labute approximate surface area is 185 Å². The standard InChI is InChI=1S/C25H23N3O2S/c1-4-13-26-25-28(27-16-21-7-5-6-8-24(21)30-3)23(17-31-25)20-10-9-19-15-22(29-2)12-11-18(19)14-20/h4-12,14-17H,1,13H2,2-3H3. The minimum Gasteiger partial charge on any atom is -0.497 e. The van der Waals surface area contributed by atoms with Gasteiger partial charge < -0.3 is 9.47 Å². The largest absolute Gasteiger partial charge is 0.497 e. The predicted octanol–water partition coefficient (Wildman–Crippen LogP) is 5.36. The van der Waals surface area contributed by atoms with Crippen molar-refractivity contribution < 1.29 is 9.47 Å². The van der Waals surface area contributed by atoms with Crippen molar-refractivity contribution in [2.75, 3.05) is 20.8 Å². The summed E-state index contributed by atoms with van der Waals surface area (Å²) in [5.41, 5.74) is 2.93. The molecule has 0 radical (unpaired) electrons. The van der Waals surface area contributed by atoms with E-state index in [2.05, 4.69) is 41.2 Å². The number of ether oxygens (including phenoxy) is 2. The van der Waals surface area contributed by atoms with E-state index in [0.717, 1.165) is 43.9 Å². The summed E-state index contributed by atoms with van der Waals surface area (Å²) >= 11 is 1.55. The number of aromatic nitrogens is 1. The summed E-state index contributed by atoms with van der Waals surface area (Å²) in [7, 11) is 3.34. The van der Waals surface area contributed by atoms with Crippen LogP contribution in [0.2, 0.25) is 0 Å². The fourth-order valence-electron chi connectivity index (χ4n) is 3.26. The van der Waals surface area contributed by atoms with E-state index in [9.17, 15) is 0 Å². The maximum atomic E-state index is 5.45. The summed E-state index contributed by atoms with van der Waals surface area (Å²) in [6.07, 6.45) is 3.57. The molecule has 0 amide bonds. The summed E-state index contributed by atoms with van der Waals surface area (Å²) in [6, 6.07) is 20.2. The van der Waals surface area contributed by atoms with E-state index in [1.165, 1.54) is 0 Å². The van der Waals surface area contributed by atoms with Crippen molar-refractivity contribution in [3.05, 3.63) is 89.1 Å². The molecule has 0 fully saturated rings. The summed E-state index contributed by atoms with van der Waals surface area (Å²) in [5.74, 6) is 1.62. The minimum absolute atomic E-state index is 0.529. The number of rotatable bonds is 7. The van der Waals surface area contributed by atoms with Gasteiger partial charge in [0.05, 0.1) is 32.7 Å². The highest BCUT2D eigenvalue weighted by Gasteiger charge is 2.09. The number of benzene rings is 3. The zero-order valence-corrected chi connectivity index (χ0v) is 18.3. The molecule has 0 atom stereocenters. The van der Waals surface area contributed by atoms with Crippen LogP contribution in [-0.4, -0.2) is 31.7 Å². The molecule has 0 bridgehead atoms. The third-order valence-corrected chi connectivity index (χ3v) is 5.69. The molecular weight excluding hydrogens is 406 g/mol. The van der Waals surface area contributed by atoms with Crippen molar-refractivity contribution in [1.29, 1.82) is 0 Å². The van der Waals surface area contributed by atoms with Crippen LogP contribution < -0.4 is 14.3 Å². The van der Waals surface area contributed by atoms with Crippen molar-refractivity contribution >= 4 is 28.3 Å². The monoisotopic (exact) mass is 429 g/mol. The Morgan fingerprint density at radius 1 is 1.00 bits per heavy atom. The summed E-state index contributed by atoms with van der Waals surface area (Å²) in [5, 5.41) is 9.09. The van der Waals surface area contributed by atoms with Gasteiger partial charge in [0.2, 0.25) is 4.80 Å². The molecule has 1 aromatic heterocycles. The van der Waals surface area contributed by atoms with Gasteiger partial charge in [0.1, 0.15) is 11.5 Å². The van der Waals surface area contributed by atoms with E-state index >= 15 is 0 Å². The first-order chi connectivity index (χ1) is 15.2. The molecule has 0 saturated heterocycles. The highest BCUT2D eigenvalue weighted by Crippen LogP contribution is 2.27. The van der Waals surface area contributed by atoms with Gasteiger partial charge in [-0.15, -0.1) is 17.9 Å². The normalized spacial score (nSPS) is 11.9. The van der Waals surface area contributed by atoms with Gasteiger partial charge in [0.15, 0.2) is 0 Å². The molecule has 0 N–H and O–H groups in total. The SMILES string of the molecule is C=CCN=c1scc(-c2ccc3cc(OC)ccc3c2)n1N=Cc1ccccc1OC. The van der Waals surface area contributed by atoms with Crippen LogP contribution in [0.15, 0.2) is 88.8 Å². The second kappa shape index (κ2) is 9.45. The molecule has 4 aromatic rings. The fourth-order valence-corrected chi connectivity index (χ4v) is 4.11. The molecule has 0 aliphatic heterocycles. The Balaban J connectivity index is 1.81. The van der Waals surface area contributed by atoms with Crippen LogP contribution in [0.4, 0.5) is 0 Å². The average molecular weight is 430 g/mol. The van der Waals surface area contributed by atoms with Crippen molar-refractivity contribution in [2.45, 2.75) is 0 Å². The second-order valence-corrected chi connectivity index (χ2v) is 7.60. The molecule has 0 unspecified atom stereocenters. The predicted molar refractivity (Wildman–Crippen MR) is 128 cm³/mol. The summed E-state index contributed by atoms with van der Waals surface area (Å²) in [4.78, 5) is 5.41. The summed E-state index contributed by atoms with van der Waals surface area (Å²) in [6.45, 7) is 4.30. The molecule has 31 heavy (non-hydrogen) atoms. The van der Waals surface area contributed by atoms with Gasteiger partial charge in [-0.2, -0.15) is 5.10 Å². The van der Waals surface area contributed by atoms with Gasteiger partial charge in [-0.3, -0.25) is 4.99 Å². The van der Waals surface area contributed by atoms with Crippen LogP contribution in [0, 0.1) is 0 Å². The Kier molecular flexibility index (Phi) is 6.29. The molecule has 3 aromatic carbocycles. The van der Waals surface area contributed by atoms with E-state index in [4.69, 9.17) is 14.6 Å². The van der Waals surface area contributed by atoms with Crippen molar-refractivity contribution in [1.82, 2.24) is 4.68 Å². The molecule has 156 valence electrons. The van der Waals surface area contributed by atoms with Gasteiger partial charge in [0, 0.05) is 16.5 Å². The van der Waals surface area contributed by atoms with Crippen LogP contribution in [0.3, 0.4) is 0 Å². The average Bonchev–Trinajstić information content (AvgIpc) is 3.23. The van der Waals surface area contributed by atoms with Crippen LogP contribution in [0.5, 0.6) is 11.5 Å². The first-order valence-corrected chi connectivity index (χ1v) is 10.7. The number of methoxy groups -OCH3 is 2. The lowest BCUT2D eigenvalue weighted by atomic mass is 10.1.